The minimum atomic E-state index is 0.185. The Hall–Kier alpha value is -3.14. The van der Waals surface area contributed by atoms with Crippen LogP contribution in [0.3, 0.4) is 0 Å². The normalized spacial score (nSPS) is 16.0. The molecule has 0 aliphatic carbocycles. The average Bonchev–Trinajstić information content (AvgIpc) is 3.10. The summed E-state index contributed by atoms with van der Waals surface area (Å²) in [6, 6.07) is 34.2. The Morgan fingerprint density at radius 2 is 1.48 bits per heavy atom. The van der Waals surface area contributed by atoms with E-state index in [1.54, 1.807) is 0 Å². The van der Waals surface area contributed by atoms with Crippen molar-refractivity contribution in [2.45, 2.75) is 12.5 Å². The number of ether oxygens (including phenoxy) is 1. The third-order valence-electron chi connectivity index (χ3n) is 6.01. The lowest BCUT2D eigenvalue weighted by Crippen LogP contribution is -2.33. The first kappa shape index (κ1) is 19.8. The summed E-state index contributed by atoms with van der Waals surface area (Å²) in [4.78, 5) is 2.61. The predicted octanol–water partition coefficient (Wildman–Crippen LogP) is 6.02. The summed E-state index contributed by atoms with van der Waals surface area (Å²) in [5.74, 6) is 1.74. The van der Waals surface area contributed by atoms with Gasteiger partial charge in [-0.25, -0.2) is 0 Å². The Balaban J connectivity index is 1.58. The molecule has 1 unspecified atom stereocenters. The Morgan fingerprint density at radius 3 is 2.42 bits per heavy atom. The smallest absolute Gasteiger partial charge is 0.127 e. The van der Waals surface area contributed by atoms with Crippen LogP contribution < -0.4 is 10.1 Å². The first-order valence-corrected chi connectivity index (χ1v) is 11.1. The van der Waals surface area contributed by atoms with Crippen LogP contribution in [-0.4, -0.2) is 31.1 Å². The fourth-order valence-corrected chi connectivity index (χ4v) is 4.57. The number of fused-ring (bicyclic) bond motifs is 1. The highest BCUT2D eigenvalue weighted by Gasteiger charge is 2.25. The van der Waals surface area contributed by atoms with Crippen molar-refractivity contribution >= 4 is 10.8 Å². The van der Waals surface area contributed by atoms with E-state index in [1.165, 1.54) is 21.9 Å². The molecule has 1 N–H and O–H groups in total. The van der Waals surface area contributed by atoms with Gasteiger partial charge >= 0.3 is 0 Å². The Morgan fingerprint density at radius 1 is 0.710 bits per heavy atom. The van der Waals surface area contributed by atoms with Gasteiger partial charge in [0.1, 0.15) is 11.5 Å². The van der Waals surface area contributed by atoms with E-state index in [0.717, 1.165) is 44.1 Å². The Labute approximate surface area is 184 Å². The van der Waals surface area contributed by atoms with E-state index < -0.39 is 0 Å². The van der Waals surface area contributed by atoms with Gasteiger partial charge in [0.15, 0.2) is 0 Å². The van der Waals surface area contributed by atoms with Crippen molar-refractivity contribution in [3.05, 3.63) is 108 Å². The van der Waals surface area contributed by atoms with Gasteiger partial charge in [-0.15, -0.1) is 0 Å². The van der Waals surface area contributed by atoms with Crippen LogP contribution in [0.25, 0.3) is 10.8 Å². The maximum Gasteiger partial charge on any atom is 0.127 e. The lowest BCUT2D eigenvalue weighted by Gasteiger charge is -2.32. The lowest BCUT2D eigenvalue weighted by molar-refractivity contribution is 0.242. The number of hydrogen-bond donors (Lipinski definition) is 1. The zero-order valence-corrected chi connectivity index (χ0v) is 17.7. The van der Waals surface area contributed by atoms with Crippen molar-refractivity contribution in [3.8, 4) is 11.5 Å². The monoisotopic (exact) mass is 408 g/mol. The van der Waals surface area contributed by atoms with Gasteiger partial charge in [0.2, 0.25) is 0 Å². The molecule has 1 aliphatic heterocycles. The van der Waals surface area contributed by atoms with Crippen molar-refractivity contribution in [3.63, 3.8) is 0 Å². The van der Waals surface area contributed by atoms with Crippen LogP contribution in [0.15, 0.2) is 97.1 Å². The van der Waals surface area contributed by atoms with Gasteiger partial charge in [-0.2, -0.15) is 0 Å². The third kappa shape index (κ3) is 4.48. The molecule has 1 fully saturated rings. The van der Waals surface area contributed by atoms with Gasteiger partial charge in [0, 0.05) is 19.6 Å². The highest BCUT2D eigenvalue weighted by atomic mass is 16.5. The largest absolute Gasteiger partial charge is 0.457 e. The second-order valence-electron chi connectivity index (χ2n) is 8.10. The highest BCUT2D eigenvalue weighted by Crippen LogP contribution is 2.36. The van der Waals surface area contributed by atoms with Gasteiger partial charge in [-0.05, 0) is 59.1 Å². The lowest BCUT2D eigenvalue weighted by atomic mass is 9.92. The van der Waals surface area contributed by atoms with Gasteiger partial charge in [-0.3, -0.25) is 4.90 Å². The first-order valence-electron chi connectivity index (χ1n) is 11.1. The molecular formula is C28H28N2O. The van der Waals surface area contributed by atoms with Crippen LogP contribution in [0.4, 0.5) is 0 Å². The number of para-hydroxylation sites is 1. The summed E-state index contributed by atoms with van der Waals surface area (Å²) in [5.41, 5.74) is 2.63. The third-order valence-corrected chi connectivity index (χ3v) is 6.01. The second-order valence-corrected chi connectivity index (χ2v) is 8.10. The van der Waals surface area contributed by atoms with E-state index >= 15 is 0 Å². The molecule has 3 heteroatoms. The molecule has 0 amide bonds. The van der Waals surface area contributed by atoms with E-state index in [4.69, 9.17) is 4.74 Å². The molecule has 0 saturated carbocycles. The fourth-order valence-electron chi connectivity index (χ4n) is 4.57. The molecule has 0 bridgehead atoms. The topological polar surface area (TPSA) is 24.5 Å². The molecule has 4 aromatic carbocycles. The standard InChI is InChI=1S/C28H28N2O/c1-2-12-24(13-3-1)31-25-14-6-11-23(21-25)28(30-19-8-17-29-18-20-30)27-16-7-10-22-9-4-5-15-26(22)27/h1-7,9-16,21,28-29H,8,17-20H2. The molecule has 5 rings (SSSR count). The maximum atomic E-state index is 6.17. The van der Waals surface area contributed by atoms with E-state index in [-0.39, 0.29) is 6.04 Å². The summed E-state index contributed by atoms with van der Waals surface area (Å²) in [5, 5.41) is 6.16. The SMILES string of the molecule is c1ccc(Oc2cccc(C(c3cccc4ccccc34)N3CCCNCC3)c2)cc1. The summed E-state index contributed by atoms with van der Waals surface area (Å²) in [6.07, 6.45) is 1.15. The van der Waals surface area contributed by atoms with Crippen LogP contribution in [0, 0.1) is 0 Å². The van der Waals surface area contributed by atoms with Crippen LogP contribution in [0.2, 0.25) is 0 Å². The van der Waals surface area contributed by atoms with Gasteiger partial charge in [0.05, 0.1) is 6.04 Å². The zero-order chi connectivity index (χ0) is 20.9. The van der Waals surface area contributed by atoms with E-state index in [2.05, 4.69) is 70.9 Å². The van der Waals surface area contributed by atoms with E-state index in [1.807, 2.05) is 36.4 Å². The number of nitrogens with zero attached hydrogens (tertiary/aromatic N) is 1. The maximum absolute atomic E-state index is 6.17. The summed E-state index contributed by atoms with van der Waals surface area (Å²) < 4.78 is 6.17. The summed E-state index contributed by atoms with van der Waals surface area (Å²) >= 11 is 0. The minimum Gasteiger partial charge on any atom is -0.457 e. The van der Waals surface area contributed by atoms with E-state index in [9.17, 15) is 0 Å². The van der Waals surface area contributed by atoms with Gasteiger partial charge in [-0.1, -0.05) is 72.8 Å². The fraction of sp³-hybridized carbons (Fsp3) is 0.214. The van der Waals surface area contributed by atoms with Crippen molar-refractivity contribution in [1.82, 2.24) is 10.2 Å². The predicted molar refractivity (Wildman–Crippen MR) is 128 cm³/mol. The number of rotatable bonds is 5. The van der Waals surface area contributed by atoms with Crippen molar-refractivity contribution in [2.24, 2.45) is 0 Å². The van der Waals surface area contributed by atoms with E-state index in [0.29, 0.717) is 0 Å². The van der Waals surface area contributed by atoms with Crippen LogP contribution in [0.1, 0.15) is 23.6 Å². The van der Waals surface area contributed by atoms with Gasteiger partial charge in [0.25, 0.3) is 0 Å². The number of nitrogens with one attached hydrogen (secondary N) is 1. The Bertz CT molecular complexity index is 1130. The molecule has 3 nitrogen and oxygen atoms in total. The molecule has 1 heterocycles. The molecule has 1 aliphatic rings. The summed E-state index contributed by atoms with van der Waals surface area (Å²) in [6.45, 7) is 4.19. The quantitative estimate of drug-likeness (QED) is 0.437. The highest BCUT2D eigenvalue weighted by molar-refractivity contribution is 5.86. The first-order chi connectivity index (χ1) is 15.4. The van der Waals surface area contributed by atoms with Crippen LogP contribution >= 0.6 is 0 Å². The van der Waals surface area contributed by atoms with Gasteiger partial charge < -0.3 is 10.1 Å². The number of hydrogen-bond acceptors (Lipinski definition) is 3. The molecular weight excluding hydrogens is 380 g/mol. The van der Waals surface area contributed by atoms with Crippen molar-refractivity contribution < 1.29 is 4.74 Å². The van der Waals surface area contributed by atoms with Crippen molar-refractivity contribution in [1.29, 1.82) is 0 Å². The minimum absolute atomic E-state index is 0.185. The molecule has 156 valence electrons. The van der Waals surface area contributed by atoms with Crippen LogP contribution in [0.5, 0.6) is 11.5 Å². The number of benzene rings is 4. The molecule has 0 spiro atoms. The molecule has 4 aromatic rings. The van der Waals surface area contributed by atoms with Crippen molar-refractivity contribution in [2.75, 3.05) is 26.2 Å². The molecule has 31 heavy (non-hydrogen) atoms. The molecule has 0 aromatic heterocycles. The Kier molecular flexibility index (Phi) is 5.96. The van der Waals surface area contributed by atoms with Crippen LogP contribution in [-0.2, 0) is 0 Å². The average molecular weight is 409 g/mol. The molecule has 0 radical (unpaired) electrons. The zero-order valence-electron chi connectivity index (χ0n) is 17.7. The molecule has 1 atom stereocenters. The molecule has 1 saturated heterocycles. The summed E-state index contributed by atoms with van der Waals surface area (Å²) in [7, 11) is 0. The second kappa shape index (κ2) is 9.34.